The second-order valence-corrected chi connectivity index (χ2v) is 5.94. The normalized spacial score (nSPS) is 13.9. The third-order valence-electron chi connectivity index (χ3n) is 3.43. The van der Waals surface area contributed by atoms with Crippen LogP contribution in [0.5, 0.6) is 0 Å². The Kier molecular flexibility index (Phi) is 3.19. The molecular weight excluding hydrogens is 250 g/mol. The van der Waals surface area contributed by atoms with Crippen LogP contribution in [-0.4, -0.2) is 33.3 Å². The van der Waals surface area contributed by atoms with Gasteiger partial charge in [0.15, 0.2) is 5.65 Å². The highest BCUT2D eigenvalue weighted by Gasteiger charge is 2.26. The summed E-state index contributed by atoms with van der Waals surface area (Å²) >= 11 is 5.95. The highest BCUT2D eigenvalue weighted by molar-refractivity contribution is 6.28. The summed E-state index contributed by atoms with van der Waals surface area (Å²) in [5.74, 6) is 0.807. The Labute approximate surface area is 112 Å². The topological polar surface area (TPSA) is 57.7 Å². The summed E-state index contributed by atoms with van der Waals surface area (Å²) in [7, 11) is 2.01. The number of H-pyrrole nitrogens is 1. The number of rotatable bonds is 2. The fraction of sp³-hybridized carbons (Fsp3) is 0.583. The molecule has 0 amide bonds. The lowest BCUT2D eigenvalue weighted by atomic mass is 9.87. The molecule has 0 aliphatic rings. The second kappa shape index (κ2) is 4.39. The fourth-order valence-electron chi connectivity index (χ4n) is 1.83. The minimum atomic E-state index is 0.141. The van der Waals surface area contributed by atoms with Crippen LogP contribution in [-0.2, 0) is 0 Å². The van der Waals surface area contributed by atoms with Gasteiger partial charge in [-0.15, -0.1) is 0 Å². The first kappa shape index (κ1) is 13.1. The molecule has 0 spiro atoms. The molecule has 0 aliphatic heterocycles. The van der Waals surface area contributed by atoms with E-state index in [0.29, 0.717) is 11.7 Å². The first-order valence-corrected chi connectivity index (χ1v) is 6.28. The van der Waals surface area contributed by atoms with Crippen molar-refractivity contribution in [2.75, 3.05) is 11.9 Å². The minimum Gasteiger partial charge on any atom is -0.356 e. The molecule has 0 fully saturated rings. The van der Waals surface area contributed by atoms with Gasteiger partial charge in [0.2, 0.25) is 5.28 Å². The van der Waals surface area contributed by atoms with E-state index in [-0.39, 0.29) is 10.7 Å². The van der Waals surface area contributed by atoms with Crippen molar-refractivity contribution in [1.82, 2.24) is 20.2 Å². The Morgan fingerprint density at radius 1 is 1.33 bits per heavy atom. The first-order valence-electron chi connectivity index (χ1n) is 5.90. The van der Waals surface area contributed by atoms with Gasteiger partial charge in [0.25, 0.3) is 0 Å². The molecule has 0 bridgehead atoms. The van der Waals surface area contributed by atoms with E-state index in [0.717, 1.165) is 11.2 Å². The molecule has 2 rings (SSSR count). The van der Waals surface area contributed by atoms with Crippen LogP contribution in [0.25, 0.3) is 11.0 Å². The Balaban J connectivity index is 2.50. The van der Waals surface area contributed by atoms with Gasteiger partial charge in [-0.25, -0.2) is 0 Å². The van der Waals surface area contributed by atoms with Gasteiger partial charge in [0.1, 0.15) is 5.82 Å². The van der Waals surface area contributed by atoms with Crippen LogP contribution in [0.15, 0.2) is 6.20 Å². The van der Waals surface area contributed by atoms with E-state index in [9.17, 15) is 0 Å². The summed E-state index contributed by atoms with van der Waals surface area (Å²) in [6, 6.07) is 0.307. The summed E-state index contributed by atoms with van der Waals surface area (Å²) in [5.41, 5.74) is 0.806. The van der Waals surface area contributed by atoms with Crippen molar-refractivity contribution in [3.05, 3.63) is 11.5 Å². The smallest absolute Gasteiger partial charge is 0.226 e. The van der Waals surface area contributed by atoms with E-state index in [1.54, 1.807) is 6.20 Å². The molecule has 2 aromatic rings. The van der Waals surface area contributed by atoms with Gasteiger partial charge in [-0.2, -0.15) is 15.1 Å². The maximum Gasteiger partial charge on any atom is 0.226 e. The largest absolute Gasteiger partial charge is 0.356 e. The number of halogens is 1. The van der Waals surface area contributed by atoms with E-state index in [1.807, 2.05) is 7.05 Å². The quantitative estimate of drug-likeness (QED) is 0.850. The number of hydrogen-bond acceptors (Lipinski definition) is 4. The Bertz CT molecular complexity index is 557. The Hall–Kier alpha value is -1.36. The van der Waals surface area contributed by atoms with Crippen LogP contribution in [0.1, 0.15) is 27.7 Å². The molecule has 0 saturated carbocycles. The molecule has 0 aliphatic carbocycles. The average molecular weight is 268 g/mol. The third-order valence-corrected chi connectivity index (χ3v) is 3.60. The lowest BCUT2D eigenvalue weighted by Gasteiger charge is -2.36. The summed E-state index contributed by atoms with van der Waals surface area (Å²) in [5, 5.41) is 7.93. The third kappa shape index (κ3) is 2.27. The van der Waals surface area contributed by atoms with Gasteiger partial charge in [-0.3, -0.25) is 5.10 Å². The van der Waals surface area contributed by atoms with Gasteiger partial charge in [0.05, 0.1) is 11.6 Å². The van der Waals surface area contributed by atoms with Crippen molar-refractivity contribution in [3.63, 3.8) is 0 Å². The van der Waals surface area contributed by atoms with Crippen molar-refractivity contribution in [1.29, 1.82) is 0 Å². The number of anilines is 1. The molecule has 2 aromatic heterocycles. The predicted octanol–water partition coefficient (Wildman–Crippen LogP) is 2.88. The number of aromatic amines is 1. The van der Waals surface area contributed by atoms with Crippen LogP contribution in [0.4, 0.5) is 5.82 Å². The zero-order chi connectivity index (χ0) is 13.5. The van der Waals surface area contributed by atoms with E-state index >= 15 is 0 Å². The molecular formula is C12H18ClN5. The van der Waals surface area contributed by atoms with Crippen LogP contribution in [0.3, 0.4) is 0 Å². The van der Waals surface area contributed by atoms with Crippen molar-refractivity contribution in [3.8, 4) is 0 Å². The standard InChI is InChI=1S/C12H18ClN5/c1-7(12(2,3)4)18(5)10-8-6-14-17-9(8)15-11(13)16-10/h6-7H,1-5H3,(H,14,15,16,17). The molecule has 2 heterocycles. The van der Waals surface area contributed by atoms with Crippen molar-refractivity contribution < 1.29 is 0 Å². The summed E-state index contributed by atoms with van der Waals surface area (Å²) in [6.07, 6.45) is 1.73. The molecule has 0 radical (unpaired) electrons. The zero-order valence-corrected chi connectivity index (χ0v) is 12.1. The lowest BCUT2D eigenvalue weighted by molar-refractivity contribution is 0.329. The maximum atomic E-state index is 5.95. The summed E-state index contributed by atoms with van der Waals surface area (Å²) in [6.45, 7) is 8.76. The van der Waals surface area contributed by atoms with Gasteiger partial charge >= 0.3 is 0 Å². The fourth-order valence-corrected chi connectivity index (χ4v) is 1.99. The molecule has 98 valence electrons. The zero-order valence-electron chi connectivity index (χ0n) is 11.3. The molecule has 1 unspecified atom stereocenters. The molecule has 1 N–H and O–H groups in total. The molecule has 5 nitrogen and oxygen atoms in total. The summed E-state index contributed by atoms with van der Waals surface area (Å²) < 4.78 is 0. The van der Waals surface area contributed by atoms with E-state index in [2.05, 4.69) is 52.8 Å². The van der Waals surface area contributed by atoms with Crippen LogP contribution < -0.4 is 4.90 Å². The van der Waals surface area contributed by atoms with Crippen LogP contribution >= 0.6 is 11.6 Å². The van der Waals surface area contributed by atoms with Gasteiger partial charge in [0, 0.05) is 13.1 Å². The Morgan fingerprint density at radius 2 is 2.00 bits per heavy atom. The Morgan fingerprint density at radius 3 is 2.61 bits per heavy atom. The molecule has 1 atom stereocenters. The highest BCUT2D eigenvalue weighted by Crippen LogP contribution is 2.30. The number of nitrogens with one attached hydrogen (secondary N) is 1. The molecule has 18 heavy (non-hydrogen) atoms. The monoisotopic (exact) mass is 267 g/mol. The van der Waals surface area contributed by atoms with Crippen molar-refractivity contribution in [2.24, 2.45) is 5.41 Å². The average Bonchev–Trinajstić information content (AvgIpc) is 2.72. The van der Waals surface area contributed by atoms with Crippen LogP contribution in [0, 0.1) is 5.41 Å². The van der Waals surface area contributed by atoms with Crippen LogP contribution in [0.2, 0.25) is 5.28 Å². The molecule has 6 heteroatoms. The number of hydrogen-bond donors (Lipinski definition) is 1. The van der Waals surface area contributed by atoms with Gasteiger partial charge in [-0.05, 0) is 23.9 Å². The van der Waals surface area contributed by atoms with E-state index in [1.165, 1.54) is 0 Å². The number of aromatic nitrogens is 4. The van der Waals surface area contributed by atoms with Crippen molar-refractivity contribution in [2.45, 2.75) is 33.7 Å². The number of fused-ring (bicyclic) bond motifs is 1. The maximum absolute atomic E-state index is 5.95. The van der Waals surface area contributed by atoms with Gasteiger partial charge < -0.3 is 4.90 Å². The predicted molar refractivity (Wildman–Crippen MR) is 74.0 cm³/mol. The first-order chi connectivity index (χ1) is 8.30. The highest BCUT2D eigenvalue weighted by atomic mass is 35.5. The SMILES string of the molecule is CC(N(C)c1nc(Cl)nc2[nH]ncc12)C(C)(C)C. The van der Waals surface area contributed by atoms with Gasteiger partial charge in [-0.1, -0.05) is 20.8 Å². The molecule has 0 saturated heterocycles. The minimum absolute atomic E-state index is 0.141. The lowest BCUT2D eigenvalue weighted by Crippen LogP contribution is -2.40. The second-order valence-electron chi connectivity index (χ2n) is 5.60. The van der Waals surface area contributed by atoms with E-state index in [4.69, 9.17) is 11.6 Å². The number of nitrogens with zero attached hydrogens (tertiary/aromatic N) is 4. The van der Waals surface area contributed by atoms with Crippen molar-refractivity contribution >= 4 is 28.5 Å². The van der Waals surface area contributed by atoms with E-state index < -0.39 is 0 Å². The summed E-state index contributed by atoms with van der Waals surface area (Å²) in [4.78, 5) is 10.6. The molecule has 0 aromatic carbocycles.